The molecule has 0 spiro atoms. The molecule has 0 atom stereocenters. The van der Waals surface area contributed by atoms with E-state index in [1.54, 1.807) is 18.4 Å². The van der Waals surface area contributed by atoms with Gasteiger partial charge < -0.3 is 9.40 Å². The van der Waals surface area contributed by atoms with E-state index in [9.17, 15) is 4.79 Å². The fraction of sp³-hybridized carbons (Fsp3) is 0.190. The van der Waals surface area contributed by atoms with Crippen LogP contribution in [0, 0.1) is 0 Å². The highest BCUT2D eigenvalue weighted by molar-refractivity contribution is 6.30. The number of H-pyrrole nitrogens is 2. The molecule has 0 aliphatic carbocycles. The number of hydrogen-bond donors (Lipinski definition) is 2. The highest BCUT2D eigenvalue weighted by Gasteiger charge is 2.23. The van der Waals surface area contributed by atoms with Gasteiger partial charge >= 0.3 is 0 Å². The molecule has 0 radical (unpaired) electrons. The molecule has 8 heteroatoms. The van der Waals surface area contributed by atoms with E-state index in [0.717, 1.165) is 29.1 Å². The van der Waals surface area contributed by atoms with Crippen LogP contribution in [0.4, 0.5) is 0 Å². The largest absolute Gasteiger partial charge is 0.461 e. The molecular formula is C21H18ClN5O2. The van der Waals surface area contributed by atoms with Crippen LogP contribution >= 0.6 is 11.6 Å². The quantitative estimate of drug-likeness (QED) is 0.539. The molecule has 1 aromatic carbocycles. The van der Waals surface area contributed by atoms with Crippen molar-refractivity contribution in [3.8, 4) is 22.8 Å². The molecule has 5 rings (SSSR count). The summed E-state index contributed by atoms with van der Waals surface area (Å²) in [4.78, 5) is 22.3. The fourth-order valence-electron chi connectivity index (χ4n) is 3.68. The second kappa shape index (κ2) is 7.35. The van der Waals surface area contributed by atoms with E-state index in [2.05, 4.69) is 25.1 Å². The Morgan fingerprint density at radius 1 is 1.21 bits per heavy atom. The van der Waals surface area contributed by atoms with Gasteiger partial charge in [-0.2, -0.15) is 5.10 Å². The van der Waals surface area contributed by atoms with Crippen LogP contribution in [-0.4, -0.2) is 31.6 Å². The summed E-state index contributed by atoms with van der Waals surface area (Å²) in [5.41, 5.74) is 4.50. The van der Waals surface area contributed by atoms with Crippen LogP contribution in [0.5, 0.6) is 0 Å². The van der Waals surface area contributed by atoms with Gasteiger partial charge in [0.2, 0.25) is 0 Å². The third-order valence-electron chi connectivity index (χ3n) is 5.15. The fourth-order valence-corrected chi connectivity index (χ4v) is 3.81. The number of aromatic nitrogens is 4. The zero-order valence-electron chi connectivity index (χ0n) is 15.5. The maximum atomic E-state index is 12.7. The second-order valence-electron chi connectivity index (χ2n) is 7.05. The van der Waals surface area contributed by atoms with Gasteiger partial charge in [0.15, 0.2) is 11.6 Å². The lowest BCUT2D eigenvalue weighted by Crippen LogP contribution is -2.35. The Hall–Kier alpha value is -3.16. The maximum Gasteiger partial charge on any atom is 0.256 e. The summed E-state index contributed by atoms with van der Waals surface area (Å²) in [5.74, 6) is 1.05. The molecule has 2 N–H and O–H groups in total. The first-order chi connectivity index (χ1) is 14.2. The van der Waals surface area contributed by atoms with Gasteiger partial charge in [-0.05, 0) is 29.8 Å². The molecule has 0 saturated heterocycles. The highest BCUT2D eigenvalue weighted by Crippen LogP contribution is 2.26. The molecule has 1 aliphatic rings. The van der Waals surface area contributed by atoms with Crippen molar-refractivity contribution < 1.29 is 4.42 Å². The average Bonchev–Trinajstić information content (AvgIpc) is 3.41. The van der Waals surface area contributed by atoms with Crippen LogP contribution in [0.25, 0.3) is 22.8 Å². The predicted octanol–water partition coefficient (Wildman–Crippen LogP) is 3.63. The predicted molar refractivity (Wildman–Crippen MR) is 109 cm³/mol. The lowest BCUT2D eigenvalue weighted by Gasteiger charge is -2.27. The molecule has 29 heavy (non-hydrogen) atoms. The van der Waals surface area contributed by atoms with Gasteiger partial charge in [0.1, 0.15) is 0 Å². The van der Waals surface area contributed by atoms with Crippen molar-refractivity contribution in [3.05, 3.63) is 81.1 Å². The lowest BCUT2D eigenvalue weighted by molar-refractivity contribution is 0.242. The third-order valence-corrected chi connectivity index (χ3v) is 5.40. The third kappa shape index (κ3) is 3.50. The van der Waals surface area contributed by atoms with E-state index in [-0.39, 0.29) is 5.56 Å². The molecule has 0 unspecified atom stereocenters. The summed E-state index contributed by atoms with van der Waals surface area (Å²) in [6.07, 6.45) is 4.11. The zero-order valence-corrected chi connectivity index (χ0v) is 16.2. The summed E-state index contributed by atoms with van der Waals surface area (Å²) < 4.78 is 5.36. The number of rotatable bonds is 4. The van der Waals surface area contributed by atoms with Gasteiger partial charge in [-0.25, -0.2) is 4.98 Å². The van der Waals surface area contributed by atoms with Gasteiger partial charge in [0.05, 0.1) is 29.4 Å². The van der Waals surface area contributed by atoms with Crippen molar-refractivity contribution in [1.82, 2.24) is 25.1 Å². The SMILES string of the molecule is O=c1[nH]c(-c2ccco2)nc2c1CN(Cc1cn[nH]c1-c1ccc(Cl)cc1)CC2. The number of aromatic amines is 2. The second-order valence-corrected chi connectivity index (χ2v) is 7.49. The number of fused-ring (bicyclic) bond motifs is 1. The van der Waals surface area contributed by atoms with Crippen LogP contribution in [0.2, 0.25) is 5.02 Å². The maximum absolute atomic E-state index is 12.7. The highest BCUT2D eigenvalue weighted by atomic mass is 35.5. The van der Waals surface area contributed by atoms with Gasteiger partial charge in [-0.15, -0.1) is 0 Å². The molecule has 3 aromatic heterocycles. The average molecular weight is 408 g/mol. The normalized spacial score (nSPS) is 14.1. The Morgan fingerprint density at radius 3 is 2.86 bits per heavy atom. The van der Waals surface area contributed by atoms with E-state index in [0.29, 0.717) is 41.7 Å². The van der Waals surface area contributed by atoms with E-state index in [1.165, 1.54) is 0 Å². The Kier molecular flexibility index (Phi) is 4.54. The van der Waals surface area contributed by atoms with Gasteiger partial charge in [0.25, 0.3) is 5.56 Å². The van der Waals surface area contributed by atoms with Gasteiger partial charge in [-0.1, -0.05) is 23.7 Å². The van der Waals surface area contributed by atoms with E-state index < -0.39 is 0 Å². The standard InChI is InChI=1S/C21H18ClN5O2/c22-15-5-3-13(4-6-15)19-14(10-23-26-19)11-27-8-7-17-16(12-27)21(28)25-20(24-17)18-2-1-9-29-18/h1-6,9-10H,7-8,11-12H2,(H,23,26)(H,24,25,28). The molecule has 0 fully saturated rings. The minimum absolute atomic E-state index is 0.115. The topological polar surface area (TPSA) is 90.8 Å². The van der Waals surface area contributed by atoms with Crippen molar-refractivity contribution >= 4 is 11.6 Å². The van der Waals surface area contributed by atoms with E-state index >= 15 is 0 Å². The van der Waals surface area contributed by atoms with Crippen LogP contribution in [-0.2, 0) is 19.5 Å². The summed E-state index contributed by atoms with van der Waals surface area (Å²) in [6.45, 7) is 2.04. The molecule has 0 bridgehead atoms. The first-order valence-electron chi connectivity index (χ1n) is 9.34. The van der Waals surface area contributed by atoms with Crippen LogP contribution in [0.1, 0.15) is 16.8 Å². The summed E-state index contributed by atoms with van der Waals surface area (Å²) >= 11 is 6.00. The smallest absolute Gasteiger partial charge is 0.256 e. The summed E-state index contributed by atoms with van der Waals surface area (Å²) in [6, 6.07) is 11.2. The van der Waals surface area contributed by atoms with Crippen LogP contribution in [0.3, 0.4) is 0 Å². The Balaban J connectivity index is 1.38. The summed E-state index contributed by atoms with van der Waals surface area (Å²) in [7, 11) is 0. The number of benzene rings is 1. The monoisotopic (exact) mass is 407 g/mol. The molecule has 0 amide bonds. The lowest BCUT2D eigenvalue weighted by atomic mass is 10.0. The van der Waals surface area contributed by atoms with Crippen molar-refractivity contribution in [2.45, 2.75) is 19.5 Å². The van der Waals surface area contributed by atoms with Crippen LogP contribution in [0.15, 0.2) is 58.1 Å². The number of halogens is 1. The van der Waals surface area contributed by atoms with Crippen molar-refractivity contribution in [3.63, 3.8) is 0 Å². The number of nitrogens with one attached hydrogen (secondary N) is 2. The first-order valence-corrected chi connectivity index (χ1v) is 9.71. The number of hydrogen-bond acceptors (Lipinski definition) is 5. The molecule has 146 valence electrons. The Bertz CT molecular complexity index is 1190. The molecule has 1 aliphatic heterocycles. The molecular weight excluding hydrogens is 390 g/mol. The van der Waals surface area contributed by atoms with Gasteiger partial charge in [-0.3, -0.25) is 14.8 Å². The minimum atomic E-state index is -0.115. The molecule has 4 heterocycles. The Morgan fingerprint density at radius 2 is 2.07 bits per heavy atom. The molecule has 7 nitrogen and oxygen atoms in total. The van der Waals surface area contributed by atoms with Crippen molar-refractivity contribution in [2.75, 3.05) is 6.54 Å². The number of nitrogens with zero attached hydrogens (tertiary/aromatic N) is 3. The molecule has 0 saturated carbocycles. The first kappa shape index (κ1) is 17.9. The van der Waals surface area contributed by atoms with Crippen molar-refractivity contribution in [1.29, 1.82) is 0 Å². The van der Waals surface area contributed by atoms with Crippen molar-refractivity contribution in [2.24, 2.45) is 0 Å². The van der Waals surface area contributed by atoms with Gasteiger partial charge in [0, 0.05) is 36.6 Å². The molecule has 4 aromatic rings. The minimum Gasteiger partial charge on any atom is -0.461 e. The van der Waals surface area contributed by atoms with Crippen LogP contribution < -0.4 is 5.56 Å². The zero-order chi connectivity index (χ0) is 19.8. The Labute approximate surface area is 171 Å². The number of furan rings is 1. The summed E-state index contributed by atoms with van der Waals surface area (Å²) in [5, 5.41) is 7.98. The van der Waals surface area contributed by atoms with E-state index in [1.807, 2.05) is 30.5 Å². The van der Waals surface area contributed by atoms with E-state index in [4.69, 9.17) is 16.0 Å².